The second-order valence-electron chi connectivity index (χ2n) is 5.89. The molecule has 0 bridgehead atoms. The van der Waals surface area contributed by atoms with E-state index < -0.39 is 5.54 Å². The molecule has 0 atom stereocenters. The fraction of sp³-hybridized carbons (Fsp3) is 0.846. The Kier molecular flexibility index (Phi) is 3.36. The lowest BCUT2D eigenvalue weighted by Gasteiger charge is -2.44. The zero-order valence-corrected chi connectivity index (χ0v) is 11.4. The number of ether oxygens (including phenoxy) is 1. The Labute approximate surface area is 108 Å². The lowest BCUT2D eigenvalue weighted by molar-refractivity contribution is -0.145. The van der Waals surface area contributed by atoms with Gasteiger partial charge in [-0.1, -0.05) is 0 Å². The van der Waals surface area contributed by atoms with Gasteiger partial charge in [-0.2, -0.15) is 0 Å². The van der Waals surface area contributed by atoms with Gasteiger partial charge in [0, 0.05) is 26.6 Å². The van der Waals surface area contributed by atoms with Gasteiger partial charge in [0.25, 0.3) is 0 Å². The molecular weight excluding hydrogens is 232 g/mol. The molecule has 0 aromatic carbocycles. The number of rotatable bonds is 3. The van der Waals surface area contributed by atoms with Gasteiger partial charge in [-0.3, -0.25) is 9.59 Å². The Hall–Kier alpha value is -1.10. The number of hydrogen-bond acceptors (Lipinski definition) is 3. The maximum Gasteiger partial charge on any atom is 0.247 e. The molecular formula is C13H22N2O3. The van der Waals surface area contributed by atoms with Gasteiger partial charge in [-0.15, -0.1) is 0 Å². The predicted octanol–water partition coefficient (Wildman–Crippen LogP) is 0.683. The molecule has 2 fully saturated rings. The first-order valence-electron chi connectivity index (χ1n) is 6.54. The summed E-state index contributed by atoms with van der Waals surface area (Å²) < 4.78 is 5.56. The molecule has 5 heteroatoms. The van der Waals surface area contributed by atoms with Crippen molar-refractivity contribution < 1.29 is 14.3 Å². The molecule has 18 heavy (non-hydrogen) atoms. The molecule has 1 heterocycles. The van der Waals surface area contributed by atoms with Crippen molar-refractivity contribution in [3.05, 3.63) is 0 Å². The van der Waals surface area contributed by atoms with Crippen molar-refractivity contribution in [2.75, 3.05) is 20.2 Å². The van der Waals surface area contributed by atoms with E-state index in [1.54, 1.807) is 25.9 Å². The first kappa shape index (κ1) is 13.3. The summed E-state index contributed by atoms with van der Waals surface area (Å²) in [5, 5.41) is 2.77. The minimum absolute atomic E-state index is 0.0170. The Morgan fingerprint density at radius 2 is 2.00 bits per heavy atom. The van der Waals surface area contributed by atoms with Crippen LogP contribution in [0.1, 0.15) is 39.5 Å². The van der Waals surface area contributed by atoms with E-state index in [1.165, 1.54) is 0 Å². The molecule has 1 aliphatic carbocycles. The number of nitrogens with zero attached hydrogens (tertiary/aromatic N) is 1. The van der Waals surface area contributed by atoms with Crippen LogP contribution in [-0.2, 0) is 14.3 Å². The Morgan fingerprint density at radius 3 is 2.50 bits per heavy atom. The fourth-order valence-corrected chi connectivity index (χ4v) is 2.69. The van der Waals surface area contributed by atoms with Crippen LogP contribution in [0.5, 0.6) is 0 Å². The van der Waals surface area contributed by atoms with E-state index in [2.05, 4.69) is 5.32 Å². The molecule has 102 valence electrons. The van der Waals surface area contributed by atoms with Crippen LogP contribution in [0.15, 0.2) is 0 Å². The van der Waals surface area contributed by atoms with Gasteiger partial charge in [0.2, 0.25) is 11.8 Å². The molecule has 0 aromatic heterocycles. The summed E-state index contributed by atoms with van der Waals surface area (Å²) in [6.07, 6.45) is 3.51. The first-order chi connectivity index (χ1) is 8.38. The highest BCUT2D eigenvalue weighted by atomic mass is 16.5. The number of amides is 2. The van der Waals surface area contributed by atoms with Crippen LogP contribution in [0.4, 0.5) is 0 Å². The van der Waals surface area contributed by atoms with Gasteiger partial charge in [0.1, 0.15) is 5.54 Å². The maximum atomic E-state index is 12.4. The van der Waals surface area contributed by atoms with Crippen molar-refractivity contribution in [1.29, 1.82) is 0 Å². The second-order valence-corrected chi connectivity index (χ2v) is 5.89. The topological polar surface area (TPSA) is 58.6 Å². The van der Waals surface area contributed by atoms with E-state index >= 15 is 0 Å². The Bertz CT molecular complexity index is 356. The Morgan fingerprint density at radius 1 is 1.33 bits per heavy atom. The predicted molar refractivity (Wildman–Crippen MR) is 67.0 cm³/mol. The van der Waals surface area contributed by atoms with Crippen molar-refractivity contribution in [3.63, 3.8) is 0 Å². The smallest absolute Gasteiger partial charge is 0.247 e. The third-order valence-electron chi connectivity index (χ3n) is 4.06. The van der Waals surface area contributed by atoms with E-state index in [1.807, 2.05) is 0 Å². The van der Waals surface area contributed by atoms with E-state index in [0.717, 1.165) is 19.3 Å². The minimum atomic E-state index is -0.813. The molecule has 2 amide bonds. The largest absolute Gasteiger partial charge is 0.376 e. The molecule has 0 spiro atoms. The molecule has 0 aromatic rings. The lowest BCUT2D eigenvalue weighted by Crippen LogP contribution is -2.57. The summed E-state index contributed by atoms with van der Waals surface area (Å²) in [7, 11) is 1.70. The molecule has 1 saturated carbocycles. The van der Waals surface area contributed by atoms with Gasteiger partial charge in [-0.05, 0) is 33.1 Å². The maximum absolute atomic E-state index is 12.4. The molecule has 1 saturated heterocycles. The highest BCUT2D eigenvalue weighted by molar-refractivity contribution is 5.92. The van der Waals surface area contributed by atoms with Crippen LogP contribution in [0, 0.1) is 0 Å². The zero-order valence-electron chi connectivity index (χ0n) is 11.4. The molecule has 1 N–H and O–H groups in total. The van der Waals surface area contributed by atoms with Gasteiger partial charge in [-0.25, -0.2) is 0 Å². The van der Waals surface area contributed by atoms with Gasteiger partial charge >= 0.3 is 0 Å². The van der Waals surface area contributed by atoms with Gasteiger partial charge in [0.15, 0.2) is 0 Å². The molecule has 2 rings (SSSR count). The van der Waals surface area contributed by atoms with Crippen molar-refractivity contribution in [3.8, 4) is 0 Å². The van der Waals surface area contributed by atoms with Gasteiger partial charge in [0.05, 0.1) is 5.60 Å². The van der Waals surface area contributed by atoms with Crippen molar-refractivity contribution in [1.82, 2.24) is 10.2 Å². The molecule has 5 nitrogen and oxygen atoms in total. The molecule has 2 aliphatic rings. The van der Waals surface area contributed by atoms with E-state index in [9.17, 15) is 9.59 Å². The number of hydrogen-bond donors (Lipinski definition) is 1. The number of carbonyl (C=O) groups is 2. The van der Waals surface area contributed by atoms with E-state index in [-0.39, 0.29) is 17.4 Å². The first-order valence-corrected chi connectivity index (χ1v) is 6.54. The number of carbonyl (C=O) groups excluding carboxylic acids is 2. The lowest BCUT2D eigenvalue weighted by atomic mass is 9.79. The molecule has 1 aliphatic heterocycles. The van der Waals surface area contributed by atoms with Gasteiger partial charge < -0.3 is 15.0 Å². The fourth-order valence-electron chi connectivity index (χ4n) is 2.69. The van der Waals surface area contributed by atoms with Crippen LogP contribution in [-0.4, -0.2) is 48.1 Å². The molecule has 0 unspecified atom stereocenters. The summed E-state index contributed by atoms with van der Waals surface area (Å²) in [5.41, 5.74) is -0.995. The van der Waals surface area contributed by atoms with Crippen molar-refractivity contribution in [2.24, 2.45) is 0 Å². The van der Waals surface area contributed by atoms with Crippen LogP contribution in [0.3, 0.4) is 0 Å². The average Bonchev–Trinajstić information content (AvgIpc) is 2.33. The molecule has 0 radical (unpaired) electrons. The third-order valence-corrected chi connectivity index (χ3v) is 4.06. The zero-order chi connectivity index (χ0) is 13.4. The third kappa shape index (κ3) is 2.36. The summed E-state index contributed by atoms with van der Waals surface area (Å²) in [6, 6.07) is 0. The average molecular weight is 254 g/mol. The summed E-state index contributed by atoms with van der Waals surface area (Å²) in [5.74, 6) is -0.0763. The second kappa shape index (κ2) is 4.53. The summed E-state index contributed by atoms with van der Waals surface area (Å²) in [4.78, 5) is 25.8. The van der Waals surface area contributed by atoms with E-state index in [0.29, 0.717) is 19.5 Å². The van der Waals surface area contributed by atoms with Crippen molar-refractivity contribution >= 4 is 11.8 Å². The monoisotopic (exact) mass is 254 g/mol. The van der Waals surface area contributed by atoms with Crippen LogP contribution < -0.4 is 5.32 Å². The highest BCUT2D eigenvalue weighted by Crippen LogP contribution is 2.36. The summed E-state index contributed by atoms with van der Waals surface area (Å²) in [6.45, 7) is 4.59. The quantitative estimate of drug-likeness (QED) is 0.806. The summed E-state index contributed by atoms with van der Waals surface area (Å²) >= 11 is 0. The van der Waals surface area contributed by atoms with Crippen molar-refractivity contribution in [2.45, 2.75) is 50.7 Å². The van der Waals surface area contributed by atoms with E-state index in [4.69, 9.17) is 4.74 Å². The number of methoxy groups -OCH3 is 1. The van der Waals surface area contributed by atoms with Crippen LogP contribution in [0.2, 0.25) is 0 Å². The van der Waals surface area contributed by atoms with Crippen LogP contribution in [0.25, 0.3) is 0 Å². The number of nitrogens with one attached hydrogen (secondary N) is 1. The van der Waals surface area contributed by atoms with Crippen LogP contribution >= 0.6 is 0 Å². The highest BCUT2D eigenvalue weighted by Gasteiger charge is 2.43. The SMILES string of the molecule is COC1(CN2CCC(=O)NC(C)(C)C2=O)CCC1. The Balaban J connectivity index is 2.11. The normalized spacial score (nSPS) is 26.3. The standard InChI is InChI=1S/C13H22N2O3/c1-12(2)11(17)15(8-5-10(16)14-12)9-13(18-3)6-4-7-13/h4-9H2,1-3H3,(H,14,16). The minimum Gasteiger partial charge on any atom is -0.376 e.